The minimum absolute atomic E-state index is 0.208. The lowest BCUT2D eigenvalue weighted by Crippen LogP contribution is -2.36. The number of nitrogens with one attached hydrogen (secondary N) is 1. The molecule has 0 spiro atoms. The van der Waals surface area contributed by atoms with E-state index in [9.17, 15) is 9.59 Å². The van der Waals surface area contributed by atoms with Crippen molar-refractivity contribution in [1.29, 1.82) is 0 Å². The van der Waals surface area contributed by atoms with Gasteiger partial charge in [0.2, 0.25) is 0 Å². The maximum absolute atomic E-state index is 12.5. The van der Waals surface area contributed by atoms with Crippen LogP contribution in [0.15, 0.2) is 45.9 Å². The molecule has 6 nitrogen and oxygen atoms in total. The summed E-state index contributed by atoms with van der Waals surface area (Å²) in [6, 6.07) is 7.44. The van der Waals surface area contributed by atoms with Crippen LogP contribution in [0, 0.1) is 6.92 Å². The molecular formula is C22H22N2O4. The zero-order valence-corrected chi connectivity index (χ0v) is 16.0. The molecule has 6 heteroatoms. The number of hydrogen-bond acceptors (Lipinski definition) is 5. The molecule has 28 heavy (non-hydrogen) atoms. The molecular weight excluding hydrogens is 356 g/mol. The Morgan fingerprint density at radius 3 is 2.79 bits per heavy atom. The Kier molecular flexibility index (Phi) is 4.86. The quantitative estimate of drug-likeness (QED) is 0.690. The summed E-state index contributed by atoms with van der Waals surface area (Å²) in [5.41, 5.74) is 3.86. The standard InChI is InChI=1S/C22H22N2O4/c1-13-10-18(20-16-4-3-5-17(16)22(26)28-19(20)11-13)27-14(2)21(25)24-12-15-6-8-23-9-7-15/h6-11,14H,3-5,12H2,1-2H3,(H,24,25)/t14-/m0/s1. The summed E-state index contributed by atoms with van der Waals surface area (Å²) >= 11 is 0. The lowest BCUT2D eigenvalue weighted by atomic mass is 10.0. The lowest BCUT2D eigenvalue weighted by Gasteiger charge is -2.18. The fraction of sp³-hybridized carbons (Fsp3) is 0.318. The number of hydrogen-bond donors (Lipinski definition) is 1. The first kappa shape index (κ1) is 18.2. The molecule has 1 N–H and O–H groups in total. The Labute approximate surface area is 162 Å². The van der Waals surface area contributed by atoms with Gasteiger partial charge in [0.05, 0.1) is 5.39 Å². The molecule has 1 aliphatic carbocycles. The van der Waals surface area contributed by atoms with Crippen molar-refractivity contribution in [2.45, 2.75) is 45.8 Å². The highest BCUT2D eigenvalue weighted by atomic mass is 16.5. The Morgan fingerprint density at radius 2 is 2.00 bits per heavy atom. The van der Waals surface area contributed by atoms with Gasteiger partial charge in [0.1, 0.15) is 11.3 Å². The SMILES string of the molecule is Cc1cc(O[C@@H](C)C(=O)NCc2ccncc2)c2c3c(c(=O)oc2c1)CCC3. The summed E-state index contributed by atoms with van der Waals surface area (Å²) in [5.74, 6) is 0.379. The van der Waals surface area contributed by atoms with E-state index in [1.807, 2.05) is 31.2 Å². The number of amides is 1. The monoisotopic (exact) mass is 378 g/mol. The second-order valence-electron chi connectivity index (χ2n) is 7.17. The van der Waals surface area contributed by atoms with E-state index < -0.39 is 6.10 Å². The smallest absolute Gasteiger partial charge is 0.339 e. The van der Waals surface area contributed by atoms with Gasteiger partial charge in [-0.05, 0) is 74.1 Å². The van der Waals surface area contributed by atoms with Crippen molar-refractivity contribution in [3.63, 3.8) is 0 Å². The number of ether oxygens (including phenoxy) is 1. The molecule has 0 bridgehead atoms. The van der Waals surface area contributed by atoms with Gasteiger partial charge in [-0.1, -0.05) is 0 Å². The lowest BCUT2D eigenvalue weighted by molar-refractivity contribution is -0.127. The van der Waals surface area contributed by atoms with Gasteiger partial charge in [0, 0.05) is 24.5 Å². The van der Waals surface area contributed by atoms with Crippen LogP contribution in [0.3, 0.4) is 0 Å². The molecule has 0 radical (unpaired) electrons. The largest absolute Gasteiger partial charge is 0.480 e. The number of rotatable bonds is 5. The van der Waals surface area contributed by atoms with E-state index in [0.29, 0.717) is 17.9 Å². The van der Waals surface area contributed by atoms with E-state index in [0.717, 1.165) is 46.9 Å². The molecule has 4 rings (SSSR count). The summed E-state index contributed by atoms with van der Waals surface area (Å²) in [6.45, 7) is 4.04. The average molecular weight is 378 g/mol. The number of carbonyl (C=O) groups is 1. The Balaban J connectivity index is 1.59. The molecule has 2 heterocycles. The van der Waals surface area contributed by atoms with Crippen molar-refractivity contribution in [2.75, 3.05) is 0 Å². The van der Waals surface area contributed by atoms with E-state index in [-0.39, 0.29) is 11.5 Å². The van der Waals surface area contributed by atoms with Crippen LogP contribution in [0.1, 0.15) is 35.6 Å². The Morgan fingerprint density at radius 1 is 1.25 bits per heavy atom. The first-order valence-corrected chi connectivity index (χ1v) is 9.45. The van der Waals surface area contributed by atoms with E-state index in [2.05, 4.69) is 10.3 Å². The van der Waals surface area contributed by atoms with Gasteiger partial charge >= 0.3 is 5.63 Å². The normalized spacial score (nSPS) is 13.9. The fourth-order valence-corrected chi connectivity index (χ4v) is 3.68. The molecule has 1 aromatic carbocycles. The molecule has 0 saturated carbocycles. The third kappa shape index (κ3) is 3.50. The van der Waals surface area contributed by atoms with E-state index in [1.165, 1.54) is 0 Å². The fourth-order valence-electron chi connectivity index (χ4n) is 3.68. The first-order valence-electron chi connectivity index (χ1n) is 9.45. The van der Waals surface area contributed by atoms with E-state index in [1.54, 1.807) is 19.3 Å². The predicted molar refractivity (Wildman–Crippen MR) is 105 cm³/mol. The summed E-state index contributed by atoms with van der Waals surface area (Å²) in [5, 5.41) is 3.69. The molecule has 3 aromatic rings. The van der Waals surface area contributed by atoms with Crippen LogP contribution in [0.2, 0.25) is 0 Å². The van der Waals surface area contributed by atoms with Crippen molar-refractivity contribution >= 4 is 16.9 Å². The maximum atomic E-state index is 12.5. The summed E-state index contributed by atoms with van der Waals surface area (Å²) < 4.78 is 11.6. The van der Waals surface area contributed by atoms with Gasteiger partial charge < -0.3 is 14.5 Å². The number of fused-ring (bicyclic) bond motifs is 3. The number of carbonyl (C=O) groups excluding carboxylic acids is 1. The highest BCUT2D eigenvalue weighted by Crippen LogP contribution is 2.35. The molecule has 0 saturated heterocycles. The topological polar surface area (TPSA) is 81.4 Å². The maximum Gasteiger partial charge on any atom is 0.339 e. The zero-order chi connectivity index (χ0) is 19.7. The number of aromatic nitrogens is 1. The average Bonchev–Trinajstić information content (AvgIpc) is 3.16. The molecule has 0 unspecified atom stereocenters. The van der Waals surface area contributed by atoms with Gasteiger partial charge in [-0.25, -0.2) is 4.79 Å². The highest BCUT2D eigenvalue weighted by molar-refractivity contribution is 5.89. The highest BCUT2D eigenvalue weighted by Gasteiger charge is 2.24. The van der Waals surface area contributed by atoms with Crippen LogP contribution in [0.25, 0.3) is 11.0 Å². The number of benzene rings is 1. The van der Waals surface area contributed by atoms with Gasteiger partial charge in [0.15, 0.2) is 6.10 Å². The van der Waals surface area contributed by atoms with Crippen LogP contribution in [-0.4, -0.2) is 17.0 Å². The molecule has 1 amide bonds. The number of aryl methyl sites for hydroxylation is 2. The Hall–Kier alpha value is -3.15. The zero-order valence-electron chi connectivity index (χ0n) is 16.0. The predicted octanol–water partition coefficient (Wildman–Crippen LogP) is 3.07. The van der Waals surface area contributed by atoms with Gasteiger partial charge in [0.25, 0.3) is 5.91 Å². The minimum atomic E-state index is -0.684. The third-order valence-corrected chi connectivity index (χ3v) is 5.07. The van der Waals surface area contributed by atoms with Crippen LogP contribution < -0.4 is 15.7 Å². The molecule has 0 fully saturated rings. The molecule has 1 atom stereocenters. The molecule has 2 aromatic heterocycles. The second-order valence-corrected chi connectivity index (χ2v) is 7.17. The number of pyridine rings is 1. The summed E-state index contributed by atoms with van der Waals surface area (Å²) in [4.78, 5) is 28.7. The van der Waals surface area contributed by atoms with Crippen LogP contribution >= 0.6 is 0 Å². The Bertz CT molecular complexity index is 1090. The summed E-state index contributed by atoms with van der Waals surface area (Å²) in [6.07, 6.45) is 5.16. The molecule has 0 aliphatic heterocycles. The van der Waals surface area contributed by atoms with Gasteiger partial charge in [-0.3, -0.25) is 9.78 Å². The van der Waals surface area contributed by atoms with Crippen LogP contribution in [0.5, 0.6) is 5.75 Å². The summed E-state index contributed by atoms with van der Waals surface area (Å²) in [7, 11) is 0. The van der Waals surface area contributed by atoms with Crippen molar-refractivity contribution in [3.8, 4) is 5.75 Å². The van der Waals surface area contributed by atoms with Crippen molar-refractivity contribution < 1.29 is 13.9 Å². The third-order valence-electron chi connectivity index (χ3n) is 5.07. The second kappa shape index (κ2) is 7.46. The van der Waals surface area contributed by atoms with Crippen molar-refractivity contribution in [1.82, 2.24) is 10.3 Å². The van der Waals surface area contributed by atoms with Gasteiger partial charge in [-0.2, -0.15) is 0 Å². The first-order chi connectivity index (χ1) is 13.5. The van der Waals surface area contributed by atoms with Gasteiger partial charge in [-0.15, -0.1) is 0 Å². The van der Waals surface area contributed by atoms with E-state index >= 15 is 0 Å². The number of nitrogens with zero attached hydrogens (tertiary/aromatic N) is 1. The molecule has 1 aliphatic rings. The van der Waals surface area contributed by atoms with E-state index in [4.69, 9.17) is 9.15 Å². The minimum Gasteiger partial charge on any atom is -0.480 e. The van der Waals surface area contributed by atoms with Crippen molar-refractivity contribution in [3.05, 3.63) is 69.3 Å². The molecule has 144 valence electrons. The van der Waals surface area contributed by atoms with Crippen LogP contribution in [-0.2, 0) is 24.2 Å². The van der Waals surface area contributed by atoms with Crippen molar-refractivity contribution in [2.24, 2.45) is 0 Å². The van der Waals surface area contributed by atoms with Crippen LogP contribution in [0.4, 0.5) is 0 Å².